The van der Waals surface area contributed by atoms with Crippen LogP contribution in [-0.2, 0) is 10.0 Å². The summed E-state index contributed by atoms with van der Waals surface area (Å²) in [5.74, 6) is 4.42. The normalized spacial score (nSPS) is 10.7. The maximum absolute atomic E-state index is 13.7. The van der Waals surface area contributed by atoms with Crippen LogP contribution in [0.5, 0.6) is 0 Å². The van der Waals surface area contributed by atoms with Gasteiger partial charge in [0, 0.05) is 0 Å². The molecule has 2 rings (SSSR count). The minimum atomic E-state index is -4.01. The molecule has 8 heteroatoms. The second kappa shape index (κ2) is 5.78. The molecule has 0 fully saturated rings. The fraction of sp³-hybridized carbons (Fsp3) is 0. The SMILES string of the molecule is N#Cc1ccc(NS(=O)(=O)c2ccccc2NN)c(F)c1. The molecule has 0 radical (unpaired) electrons. The molecule has 2 aromatic rings. The number of nitrogens with two attached hydrogens (primary N) is 1. The van der Waals surface area contributed by atoms with Gasteiger partial charge in [0.25, 0.3) is 10.0 Å². The van der Waals surface area contributed by atoms with Crippen LogP contribution in [0.3, 0.4) is 0 Å². The van der Waals surface area contributed by atoms with Gasteiger partial charge in [-0.3, -0.25) is 10.6 Å². The van der Waals surface area contributed by atoms with Gasteiger partial charge in [-0.25, -0.2) is 12.8 Å². The van der Waals surface area contributed by atoms with Crippen LogP contribution in [0.1, 0.15) is 5.56 Å². The van der Waals surface area contributed by atoms with Gasteiger partial charge in [-0.1, -0.05) is 12.1 Å². The van der Waals surface area contributed by atoms with E-state index in [1.807, 2.05) is 0 Å². The fourth-order valence-corrected chi connectivity index (χ4v) is 2.93. The average Bonchev–Trinajstić information content (AvgIpc) is 2.49. The molecule has 0 atom stereocenters. The molecular weight excluding hydrogens is 295 g/mol. The van der Waals surface area contributed by atoms with Gasteiger partial charge < -0.3 is 5.43 Å². The number of nitrogens with zero attached hydrogens (tertiary/aromatic N) is 1. The van der Waals surface area contributed by atoms with Crippen molar-refractivity contribution in [3.8, 4) is 6.07 Å². The highest BCUT2D eigenvalue weighted by molar-refractivity contribution is 7.92. The van der Waals surface area contributed by atoms with E-state index < -0.39 is 15.8 Å². The first-order chi connectivity index (χ1) is 9.97. The zero-order chi connectivity index (χ0) is 15.5. The maximum Gasteiger partial charge on any atom is 0.264 e. The average molecular weight is 306 g/mol. The van der Waals surface area contributed by atoms with Crippen molar-refractivity contribution in [2.45, 2.75) is 4.90 Å². The van der Waals surface area contributed by atoms with Crippen molar-refractivity contribution < 1.29 is 12.8 Å². The third-order valence-electron chi connectivity index (χ3n) is 2.67. The minimum absolute atomic E-state index is 0.0967. The third-order valence-corrected chi connectivity index (χ3v) is 4.10. The molecule has 0 unspecified atom stereocenters. The van der Waals surface area contributed by atoms with Gasteiger partial charge in [-0.15, -0.1) is 0 Å². The molecule has 21 heavy (non-hydrogen) atoms. The van der Waals surface area contributed by atoms with E-state index in [4.69, 9.17) is 11.1 Å². The van der Waals surface area contributed by atoms with Crippen LogP contribution in [0, 0.1) is 17.1 Å². The molecular formula is C13H11FN4O2S. The first-order valence-electron chi connectivity index (χ1n) is 5.76. The number of hydrogen-bond acceptors (Lipinski definition) is 5. The summed E-state index contributed by atoms with van der Waals surface area (Å²) in [5.41, 5.74) is 2.29. The number of nitriles is 1. The fourth-order valence-electron chi connectivity index (χ4n) is 1.69. The Hall–Kier alpha value is -2.63. The molecule has 2 aromatic carbocycles. The number of rotatable bonds is 4. The summed E-state index contributed by atoms with van der Waals surface area (Å²) in [4.78, 5) is -0.115. The Kier molecular flexibility index (Phi) is 4.07. The molecule has 0 heterocycles. The van der Waals surface area contributed by atoms with Crippen molar-refractivity contribution in [2.75, 3.05) is 10.1 Å². The van der Waals surface area contributed by atoms with Crippen LogP contribution in [0.15, 0.2) is 47.4 Å². The number of anilines is 2. The minimum Gasteiger partial charge on any atom is -0.323 e. The Morgan fingerprint density at radius 3 is 2.48 bits per heavy atom. The number of hydrogen-bond donors (Lipinski definition) is 3. The molecule has 0 aliphatic heterocycles. The second-order valence-corrected chi connectivity index (χ2v) is 5.70. The van der Waals surface area contributed by atoms with Crippen LogP contribution in [0.2, 0.25) is 0 Å². The van der Waals surface area contributed by atoms with Gasteiger partial charge >= 0.3 is 0 Å². The maximum atomic E-state index is 13.7. The Labute approximate surface area is 121 Å². The molecule has 6 nitrogen and oxygen atoms in total. The van der Waals surface area contributed by atoms with Crippen LogP contribution in [0.25, 0.3) is 0 Å². The number of para-hydroxylation sites is 1. The lowest BCUT2D eigenvalue weighted by Crippen LogP contribution is -2.18. The van der Waals surface area contributed by atoms with Crippen molar-refractivity contribution in [1.82, 2.24) is 0 Å². The van der Waals surface area contributed by atoms with Crippen LogP contribution in [-0.4, -0.2) is 8.42 Å². The molecule has 0 bridgehead atoms. The molecule has 0 aromatic heterocycles. The third kappa shape index (κ3) is 3.10. The summed E-state index contributed by atoms with van der Waals surface area (Å²) < 4.78 is 40.4. The first-order valence-corrected chi connectivity index (χ1v) is 7.24. The topological polar surface area (TPSA) is 108 Å². The standard InChI is InChI=1S/C13H11FN4O2S/c14-10-7-9(8-15)5-6-11(10)18-21(19,20)13-4-2-1-3-12(13)17-16/h1-7,17-18H,16H2. The van der Waals surface area contributed by atoms with Gasteiger partial charge in [-0.05, 0) is 30.3 Å². The van der Waals surface area contributed by atoms with Crippen molar-refractivity contribution in [3.63, 3.8) is 0 Å². The van der Waals surface area contributed by atoms with Crippen molar-refractivity contribution in [1.29, 1.82) is 5.26 Å². The van der Waals surface area contributed by atoms with Crippen LogP contribution in [0.4, 0.5) is 15.8 Å². The first kappa shape index (κ1) is 14.8. The summed E-state index contributed by atoms with van der Waals surface area (Å²) in [6, 6.07) is 11.1. The summed E-state index contributed by atoms with van der Waals surface area (Å²) in [5, 5.41) is 8.65. The van der Waals surface area contributed by atoms with E-state index in [0.717, 1.165) is 6.07 Å². The number of sulfonamides is 1. The van der Waals surface area contributed by atoms with E-state index in [2.05, 4.69) is 10.1 Å². The molecule has 4 N–H and O–H groups in total. The Morgan fingerprint density at radius 2 is 1.86 bits per heavy atom. The highest BCUT2D eigenvalue weighted by Crippen LogP contribution is 2.24. The van der Waals surface area contributed by atoms with Gasteiger partial charge in [0.1, 0.15) is 10.7 Å². The van der Waals surface area contributed by atoms with E-state index in [0.29, 0.717) is 0 Å². The highest BCUT2D eigenvalue weighted by atomic mass is 32.2. The predicted octanol–water partition coefficient (Wildman–Crippen LogP) is 1.78. The lowest BCUT2D eigenvalue weighted by molar-refractivity contribution is 0.598. The number of nitrogens with one attached hydrogen (secondary N) is 2. The molecule has 0 saturated heterocycles. The molecule has 0 aliphatic rings. The van der Waals surface area contributed by atoms with Crippen molar-refractivity contribution in [3.05, 3.63) is 53.8 Å². The number of hydrazine groups is 1. The summed E-state index contributed by atoms with van der Waals surface area (Å²) in [6.45, 7) is 0. The summed E-state index contributed by atoms with van der Waals surface area (Å²) in [6.07, 6.45) is 0. The second-order valence-electron chi connectivity index (χ2n) is 4.05. The quantitative estimate of drug-likeness (QED) is 0.589. The molecule has 0 spiro atoms. The highest BCUT2D eigenvalue weighted by Gasteiger charge is 2.19. The van der Waals surface area contributed by atoms with Gasteiger partial charge in [0.2, 0.25) is 0 Å². The number of halogens is 1. The predicted molar refractivity (Wildman–Crippen MR) is 76.2 cm³/mol. The number of benzene rings is 2. The van der Waals surface area contributed by atoms with Crippen LogP contribution < -0.4 is 16.0 Å². The Morgan fingerprint density at radius 1 is 1.14 bits per heavy atom. The van der Waals surface area contributed by atoms with E-state index >= 15 is 0 Å². The molecule has 0 amide bonds. The van der Waals surface area contributed by atoms with E-state index in [-0.39, 0.29) is 21.8 Å². The summed E-state index contributed by atoms with van der Waals surface area (Å²) >= 11 is 0. The van der Waals surface area contributed by atoms with Gasteiger partial charge in [0.05, 0.1) is 23.0 Å². The van der Waals surface area contributed by atoms with E-state index in [1.165, 1.54) is 30.3 Å². The zero-order valence-corrected chi connectivity index (χ0v) is 11.5. The van der Waals surface area contributed by atoms with Crippen molar-refractivity contribution in [2.24, 2.45) is 5.84 Å². The lowest BCUT2D eigenvalue weighted by atomic mass is 10.2. The van der Waals surface area contributed by atoms with E-state index in [1.54, 1.807) is 12.1 Å². The largest absolute Gasteiger partial charge is 0.323 e. The molecule has 0 aliphatic carbocycles. The van der Waals surface area contributed by atoms with Gasteiger partial charge in [0.15, 0.2) is 0 Å². The lowest BCUT2D eigenvalue weighted by Gasteiger charge is -2.12. The Bertz CT molecular complexity index is 815. The van der Waals surface area contributed by atoms with Crippen molar-refractivity contribution >= 4 is 21.4 Å². The number of nitrogen functional groups attached to an aromatic ring is 1. The van der Waals surface area contributed by atoms with E-state index in [9.17, 15) is 12.8 Å². The molecule has 108 valence electrons. The smallest absolute Gasteiger partial charge is 0.264 e. The summed E-state index contributed by atoms with van der Waals surface area (Å²) in [7, 11) is -4.01. The molecule has 0 saturated carbocycles. The monoisotopic (exact) mass is 306 g/mol. The van der Waals surface area contributed by atoms with Gasteiger partial charge in [-0.2, -0.15) is 5.26 Å². The van der Waals surface area contributed by atoms with Crippen LogP contribution >= 0.6 is 0 Å². The Balaban J connectivity index is 2.41. The zero-order valence-electron chi connectivity index (χ0n) is 10.7.